The van der Waals surface area contributed by atoms with Gasteiger partial charge in [-0.15, -0.1) is 0 Å². The highest BCUT2D eigenvalue weighted by Gasteiger charge is 2.19. The second-order valence-corrected chi connectivity index (χ2v) is 6.24. The third-order valence-electron chi connectivity index (χ3n) is 4.74. The molecule has 0 radical (unpaired) electrons. The molecule has 2 fully saturated rings. The summed E-state index contributed by atoms with van der Waals surface area (Å²) in [5.74, 6) is 1.53. The van der Waals surface area contributed by atoms with Crippen LogP contribution >= 0.6 is 0 Å². The van der Waals surface area contributed by atoms with E-state index < -0.39 is 0 Å². The van der Waals surface area contributed by atoms with Gasteiger partial charge in [0.15, 0.2) is 0 Å². The third-order valence-corrected chi connectivity index (χ3v) is 4.74. The lowest BCUT2D eigenvalue weighted by Crippen LogP contribution is -2.20. The molecule has 3 nitrogen and oxygen atoms in total. The molecular formula is C15H24N2O. The van der Waals surface area contributed by atoms with Crippen molar-refractivity contribution in [2.45, 2.75) is 64.3 Å². The van der Waals surface area contributed by atoms with Crippen LogP contribution in [0.5, 0.6) is 0 Å². The number of hydrogen-bond acceptors (Lipinski definition) is 1. The summed E-state index contributed by atoms with van der Waals surface area (Å²) in [5, 5.41) is 3.34. The Morgan fingerprint density at radius 3 is 2.33 bits per heavy atom. The number of rotatable bonds is 4. The van der Waals surface area contributed by atoms with Gasteiger partial charge in [-0.1, -0.05) is 38.5 Å². The van der Waals surface area contributed by atoms with Gasteiger partial charge in [0.25, 0.3) is 5.56 Å². The Balaban J connectivity index is 1.63. The SMILES string of the molecule is O=c1cc(CC2CCCC2)[nH]n1CC1CCCC1. The van der Waals surface area contributed by atoms with Crippen LogP contribution in [0.15, 0.2) is 10.9 Å². The predicted molar refractivity (Wildman–Crippen MR) is 72.7 cm³/mol. The molecule has 0 aliphatic heterocycles. The largest absolute Gasteiger partial charge is 0.300 e. The van der Waals surface area contributed by atoms with Gasteiger partial charge in [-0.25, -0.2) is 0 Å². The van der Waals surface area contributed by atoms with Crippen LogP contribution in [-0.2, 0) is 13.0 Å². The summed E-state index contributed by atoms with van der Waals surface area (Å²) in [7, 11) is 0. The van der Waals surface area contributed by atoms with E-state index in [1.54, 1.807) is 0 Å². The average molecular weight is 248 g/mol. The van der Waals surface area contributed by atoms with Crippen molar-refractivity contribution in [2.24, 2.45) is 11.8 Å². The number of aromatic nitrogens is 2. The molecule has 2 aliphatic rings. The van der Waals surface area contributed by atoms with Gasteiger partial charge < -0.3 is 0 Å². The molecule has 0 aromatic carbocycles. The summed E-state index contributed by atoms with van der Waals surface area (Å²) in [6, 6.07) is 1.83. The maximum Gasteiger partial charge on any atom is 0.266 e. The van der Waals surface area contributed by atoms with Crippen molar-refractivity contribution in [1.82, 2.24) is 9.78 Å². The van der Waals surface area contributed by atoms with Crippen molar-refractivity contribution < 1.29 is 0 Å². The maximum atomic E-state index is 11.9. The zero-order valence-corrected chi connectivity index (χ0v) is 11.2. The molecule has 1 aromatic heterocycles. The van der Waals surface area contributed by atoms with Crippen LogP contribution in [0.1, 0.15) is 57.1 Å². The standard InChI is InChI=1S/C15H24N2O/c18-15-10-14(9-12-5-1-2-6-12)16-17(15)11-13-7-3-4-8-13/h10,12-13,16H,1-9,11H2. The van der Waals surface area contributed by atoms with Gasteiger partial charge in [-0.05, 0) is 31.1 Å². The lowest BCUT2D eigenvalue weighted by Gasteiger charge is -2.10. The summed E-state index contributed by atoms with van der Waals surface area (Å²) in [6.45, 7) is 0.906. The van der Waals surface area contributed by atoms with E-state index in [1.807, 2.05) is 10.7 Å². The molecule has 0 atom stereocenters. The molecule has 2 saturated carbocycles. The summed E-state index contributed by atoms with van der Waals surface area (Å²) < 4.78 is 1.85. The van der Waals surface area contributed by atoms with E-state index in [2.05, 4.69) is 5.10 Å². The first kappa shape index (κ1) is 12.1. The van der Waals surface area contributed by atoms with Crippen molar-refractivity contribution in [3.8, 4) is 0 Å². The molecule has 2 aliphatic carbocycles. The number of nitrogens with one attached hydrogen (secondary N) is 1. The fourth-order valence-electron chi connectivity index (χ4n) is 3.70. The molecule has 3 heteroatoms. The minimum atomic E-state index is 0.176. The van der Waals surface area contributed by atoms with E-state index in [0.29, 0.717) is 0 Å². The van der Waals surface area contributed by atoms with E-state index in [-0.39, 0.29) is 5.56 Å². The quantitative estimate of drug-likeness (QED) is 0.873. The van der Waals surface area contributed by atoms with Crippen molar-refractivity contribution in [2.75, 3.05) is 0 Å². The molecule has 0 bridgehead atoms. The summed E-state index contributed by atoms with van der Waals surface area (Å²) in [5.41, 5.74) is 1.33. The van der Waals surface area contributed by atoms with Gasteiger partial charge in [0.05, 0.1) is 0 Å². The Hall–Kier alpha value is -0.990. The highest BCUT2D eigenvalue weighted by Crippen LogP contribution is 2.28. The van der Waals surface area contributed by atoms with Crippen LogP contribution < -0.4 is 5.56 Å². The van der Waals surface area contributed by atoms with Crippen molar-refractivity contribution in [3.05, 3.63) is 22.1 Å². The summed E-state index contributed by atoms with van der Waals surface area (Å²) in [4.78, 5) is 11.9. The van der Waals surface area contributed by atoms with Crippen LogP contribution in [0, 0.1) is 11.8 Å². The monoisotopic (exact) mass is 248 g/mol. The first-order valence-electron chi connectivity index (χ1n) is 7.60. The van der Waals surface area contributed by atoms with Crippen LogP contribution in [0.25, 0.3) is 0 Å². The second kappa shape index (κ2) is 5.33. The highest BCUT2D eigenvalue weighted by atomic mass is 16.1. The minimum Gasteiger partial charge on any atom is -0.300 e. The molecule has 100 valence electrons. The van der Waals surface area contributed by atoms with E-state index >= 15 is 0 Å². The van der Waals surface area contributed by atoms with Crippen molar-refractivity contribution in [1.29, 1.82) is 0 Å². The fraction of sp³-hybridized carbons (Fsp3) is 0.800. The molecule has 0 amide bonds. The van der Waals surface area contributed by atoms with E-state index in [1.165, 1.54) is 51.4 Å². The Bertz CT molecular complexity index is 434. The van der Waals surface area contributed by atoms with E-state index in [0.717, 1.165) is 30.5 Å². The molecule has 1 N–H and O–H groups in total. The maximum absolute atomic E-state index is 11.9. The van der Waals surface area contributed by atoms with Crippen molar-refractivity contribution >= 4 is 0 Å². The summed E-state index contributed by atoms with van der Waals surface area (Å²) in [6.07, 6.45) is 11.8. The number of hydrogen-bond donors (Lipinski definition) is 1. The van der Waals surface area contributed by atoms with Gasteiger partial charge in [-0.3, -0.25) is 14.6 Å². The van der Waals surface area contributed by atoms with Crippen LogP contribution in [-0.4, -0.2) is 9.78 Å². The highest BCUT2D eigenvalue weighted by molar-refractivity contribution is 5.01. The Kier molecular flexibility index (Phi) is 3.57. The zero-order chi connectivity index (χ0) is 12.4. The number of H-pyrrole nitrogens is 1. The Labute approximate surface area is 109 Å². The van der Waals surface area contributed by atoms with Gasteiger partial charge in [-0.2, -0.15) is 0 Å². The molecule has 1 heterocycles. The smallest absolute Gasteiger partial charge is 0.266 e. The molecule has 0 unspecified atom stereocenters. The van der Waals surface area contributed by atoms with Crippen LogP contribution in [0.2, 0.25) is 0 Å². The van der Waals surface area contributed by atoms with E-state index in [4.69, 9.17) is 0 Å². The first-order chi connectivity index (χ1) is 8.81. The normalized spacial score (nSPS) is 22.0. The fourth-order valence-corrected chi connectivity index (χ4v) is 3.70. The van der Waals surface area contributed by atoms with Gasteiger partial charge in [0.1, 0.15) is 0 Å². The van der Waals surface area contributed by atoms with Crippen LogP contribution in [0.4, 0.5) is 0 Å². The predicted octanol–water partition coefficient (Wildman–Crippen LogP) is 3.10. The molecule has 0 saturated heterocycles. The number of nitrogens with zero attached hydrogens (tertiary/aromatic N) is 1. The minimum absolute atomic E-state index is 0.176. The average Bonchev–Trinajstić information content (AvgIpc) is 3.04. The molecule has 18 heavy (non-hydrogen) atoms. The van der Waals surface area contributed by atoms with Crippen LogP contribution in [0.3, 0.4) is 0 Å². The number of aromatic amines is 1. The van der Waals surface area contributed by atoms with Crippen molar-refractivity contribution in [3.63, 3.8) is 0 Å². The summed E-state index contributed by atoms with van der Waals surface area (Å²) >= 11 is 0. The second-order valence-electron chi connectivity index (χ2n) is 6.24. The molecule has 1 aromatic rings. The lowest BCUT2D eigenvalue weighted by molar-refractivity contribution is 0.417. The molecule has 3 rings (SSSR count). The zero-order valence-electron chi connectivity index (χ0n) is 11.2. The van der Waals surface area contributed by atoms with Gasteiger partial charge in [0, 0.05) is 18.3 Å². The van der Waals surface area contributed by atoms with E-state index in [9.17, 15) is 4.79 Å². The van der Waals surface area contributed by atoms with Gasteiger partial charge in [0.2, 0.25) is 0 Å². The Morgan fingerprint density at radius 1 is 1.06 bits per heavy atom. The molecular weight excluding hydrogens is 224 g/mol. The molecule has 0 spiro atoms. The third kappa shape index (κ3) is 2.70. The topological polar surface area (TPSA) is 37.8 Å². The Morgan fingerprint density at radius 2 is 1.67 bits per heavy atom. The first-order valence-corrected chi connectivity index (χ1v) is 7.60. The van der Waals surface area contributed by atoms with Gasteiger partial charge >= 0.3 is 0 Å². The lowest BCUT2D eigenvalue weighted by atomic mass is 10.0.